The lowest BCUT2D eigenvalue weighted by Gasteiger charge is -1.99. The summed E-state index contributed by atoms with van der Waals surface area (Å²) < 4.78 is 26.8. The zero-order valence-corrected chi connectivity index (χ0v) is 11.5. The van der Waals surface area contributed by atoms with E-state index in [-0.39, 0.29) is 23.0 Å². The molecule has 1 aliphatic heterocycles. The standard InChI is InChI=1S/C12H9F2N3S.ClH/c1-5-2-6-10(15)11-7(3-17-12(6)18-5)9(14)8(13)4-16-11;/h2-4,17H,15H2,1H3;1H. The number of nitrogens with two attached hydrogens (primary N) is 1. The second-order valence-corrected chi connectivity index (χ2v) is 5.24. The van der Waals surface area contributed by atoms with Crippen LogP contribution in [0.3, 0.4) is 0 Å². The lowest BCUT2D eigenvalue weighted by atomic mass is 10.2. The molecule has 0 spiro atoms. The van der Waals surface area contributed by atoms with Gasteiger partial charge in [-0.1, -0.05) is 0 Å². The molecule has 0 atom stereocenters. The van der Waals surface area contributed by atoms with E-state index in [2.05, 4.69) is 10.3 Å². The fraction of sp³-hybridized carbons (Fsp3) is 0.0833. The first-order valence-electron chi connectivity index (χ1n) is 5.25. The van der Waals surface area contributed by atoms with Gasteiger partial charge >= 0.3 is 0 Å². The van der Waals surface area contributed by atoms with Gasteiger partial charge in [0.15, 0.2) is 11.6 Å². The fourth-order valence-corrected chi connectivity index (χ4v) is 2.81. The maximum Gasteiger partial charge on any atom is 0.177 e. The molecule has 1 aliphatic rings. The first kappa shape index (κ1) is 13.8. The molecular weight excluding hydrogens is 292 g/mol. The Balaban J connectivity index is 0.00000133. The van der Waals surface area contributed by atoms with Gasteiger partial charge in [0.1, 0.15) is 5.00 Å². The van der Waals surface area contributed by atoms with Gasteiger partial charge in [-0.25, -0.2) is 8.78 Å². The summed E-state index contributed by atoms with van der Waals surface area (Å²) in [5.74, 6) is -1.93. The van der Waals surface area contributed by atoms with E-state index in [4.69, 9.17) is 5.73 Å². The van der Waals surface area contributed by atoms with Crippen molar-refractivity contribution in [2.45, 2.75) is 6.92 Å². The van der Waals surface area contributed by atoms with Crippen molar-refractivity contribution in [1.82, 2.24) is 4.98 Å². The third-order valence-corrected chi connectivity index (χ3v) is 3.74. The van der Waals surface area contributed by atoms with Gasteiger partial charge in [0, 0.05) is 16.6 Å². The van der Waals surface area contributed by atoms with Crippen molar-refractivity contribution in [3.8, 4) is 0 Å². The average Bonchev–Trinajstić information content (AvgIpc) is 2.66. The van der Waals surface area contributed by atoms with Gasteiger partial charge in [-0.05, 0) is 13.0 Å². The molecule has 2 aromatic heterocycles. The normalized spacial score (nSPS) is 12.5. The molecule has 0 radical (unpaired) electrons. The van der Waals surface area contributed by atoms with Crippen molar-refractivity contribution in [2.24, 2.45) is 5.73 Å². The van der Waals surface area contributed by atoms with Crippen molar-refractivity contribution in [2.75, 3.05) is 5.32 Å². The third kappa shape index (κ3) is 2.06. The van der Waals surface area contributed by atoms with E-state index in [1.807, 2.05) is 13.0 Å². The van der Waals surface area contributed by atoms with E-state index < -0.39 is 11.6 Å². The molecular formula is C12H10ClF2N3S. The average molecular weight is 302 g/mol. The zero-order valence-electron chi connectivity index (χ0n) is 9.83. The number of nitrogens with one attached hydrogen (secondary N) is 1. The van der Waals surface area contributed by atoms with Gasteiger partial charge in [0.25, 0.3) is 0 Å². The first-order chi connectivity index (χ1) is 8.58. The summed E-state index contributed by atoms with van der Waals surface area (Å²) in [5, 5.41) is 4.07. The van der Waals surface area contributed by atoms with Gasteiger partial charge in [-0.2, -0.15) is 0 Å². The van der Waals surface area contributed by atoms with Gasteiger partial charge in [-0.15, -0.1) is 23.7 Å². The van der Waals surface area contributed by atoms with Crippen LogP contribution >= 0.6 is 23.7 Å². The molecule has 100 valence electrons. The number of hydrogen-bond acceptors (Lipinski definition) is 4. The summed E-state index contributed by atoms with van der Waals surface area (Å²) in [5.41, 5.74) is 7.12. The Morgan fingerprint density at radius 1 is 1.37 bits per heavy atom. The highest BCUT2D eigenvalue weighted by atomic mass is 35.5. The summed E-state index contributed by atoms with van der Waals surface area (Å²) in [7, 11) is 0. The highest BCUT2D eigenvalue weighted by Gasteiger charge is 2.15. The second kappa shape index (κ2) is 4.79. The van der Waals surface area contributed by atoms with Crippen molar-refractivity contribution in [1.29, 1.82) is 0 Å². The van der Waals surface area contributed by atoms with Crippen LogP contribution < -0.4 is 21.6 Å². The molecule has 3 heterocycles. The Kier molecular flexibility index (Phi) is 3.47. The zero-order chi connectivity index (χ0) is 12.9. The molecule has 0 saturated carbocycles. The summed E-state index contributed by atoms with van der Waals surface area (Å²) in [6.45, 7) is 1.95. The number of aryl methyl sites for hydroxylation is 1. The minimum Gasteiger partial charge on any atom is -0.396 e. The van der Waals surface area contributed by atoms with E-state index in [9.17, 15) is 8.78 Å². The number of aromatic nitrogens is 1. The number of thiophene rings is 1. The second-order valence-electron chi connectivity index (χ2n) is 3.98. The number of rotatable bonds is 0. The molecule has 0 bridgehead atoms. The van der Waals surface area contributed by atoms with Gasteiger partial charge in [0.05, 0.1) is 22.5 Å². The van der Waals surface area contributed by atoms with Crippen LogP contribution in [0.25, 0.3) is 11.9 Å². The molecule has 0 saturated heterocycles. The Morgan fingerprint density at radius 2 is 2.11 bits per heavy atom. The van der Waals surface area contributed by atoms with Crippen LogP contribution in [0.15, 0.2) is 12.3 Å². The minimum absolute atomic E-state index is 0. The van der Waals surface area contributed by atoms with Crippen LogP contribution in [0.4, 0.5) is 13.8 Å². The SMILES string of the molecule is Cc1cc2c(s1)NC=c1c(F)c(F)cnc1=C2N.Cl. The number of halogens is 3. The van der Waals surface area contributed by atoms with Crippen molar-refractivity contribution in [3.63, 3.8) is 0 Å². The van der Waals surface area contributed by atoms with Crippen LogP contribution in [-0.2, 0) is 0 Å². The summed E-state index contributed by atoms with van der Waals surface area (Å²) in [4.78, 5) is 4.96. The van der Waals surface area contributed by atoms with Crippen LogP contribution in [-0.4, -0.2) is 4.98 Å². The molecule has 0 fully saturated rings. The Morgan fingerprint density at radius 3 is 2.84 bits per heavy atom. The predicted octanol–water partition coefficient (Wildman–Crippen LogP) is 1.43. The Labute approximate surface area is 117 Å². The lowest BCUT2D eigenvalue weighted by molar-refractivity contribution is 0.495. The number of nitrogens with zero attached hydrogens (tertiary/aromatic N) is 1. The summed E-state index contributed by atoms with van der Waals surface area (Å²) in [6.07, 6.45) is 2.24. The Hall–Kier alpha value is -1.66. The highest BCUT2D eigenvalue weighted by Crippen LogP contribution is 2.30. The van der Waals surface area contributed by atoms with Crippen LogP contribution in [0, 0.1) is 18.6 Å². The molecule has 2 aromatic rings. The topological polar surface area (TPSA) is 50.9 Å². The number of anilines is 1. The lowest BCUT2D eigenvalue weighted by Crippen LogP contribution is -2.36. The van der Waals surface area contributed by atoms with E-state index in [1.54, 1.807) is 0 Å². The molecule has 0 aromatic carbocycles. The molecule has 7 heteroatoms. The van der Waals surface area contributed by atoms with Crippen LogP contribution in [0.5, 0.6) is 0 Å². The molecule has 0 unspecified atom stereocenters. The quantitative estimate of drug-likeness (QED) is 0.774. The Bertz CT molecular complexity index is 770. The molecule has 19 heavy (non-hydrogen) atoms. The summed E-state index contributed by atoms with van der Waals surface area (Å²) >= 11 is 1.50. The smallest absolute Gasteiger partial charge is 0.177 e. The maximum absolute atomic E-state index is 13.7. The molecule has 0 aliphatic carbocycles. The van der Waals surface area contributed by atoms with Gasteiger partial charge < -0.3 is 11.1 Å². The van der Waals surface area contributed by atoms with Crippen LogP contribution in [0.1, 0.15) is 10.4 Å². The van der Waals surface area contributed by atoms with Crippen LogP contribution in [0.2, 0.25) is 0 Å². The van der Waals surface area contributed by atoms with Crippen molar-refractivity contribution in [3.05, 3.63) is 44.9 Å². The molecule has 0 amide bonds. The van der Waals surface area contributed by atoms with E-state index in [0.717, 1.165) is 21.6 Å². The van der Waals surface area contributed by atoms with Gasteiger partial charge in [0.2, 0.25) is 0 Å². The van der Waals surface area contributed by atoms with E-state index in [1.165, 1.54) is 17.5 Å². The van der Waals surface area contributed by atoms with Crippen molar-refractivity contribution >= 4 is 40.6 Å². The molecule has 3 N–H and O–H groups in total. The highest BCUT2D eigenvalue weighted by molar-refractivity contribution is 7.16. The largest absolute Gasteiger partial charge is 0.396 e. The van der Waals surface area contributed by atoms with E-state index in [0.29, 0.717) is 5.70 Å². The fourth-order valence-electron chi connectivity index (χ4n) is 1.91. The number of pyridine rings is 1. The maximum atomic E-state index is 13.7. The van der Waals surface area contributed by atoms with Crippen molar-refractivity contribution < 1.29 is 8.78 Å². The first-order valence-corrected chi connectivity index (χ1v) is 6.07. The summed E-state index contributed by atoms with van der Waals surface area (Å²) in [6, 6.07) is 1.90. The third-order valence-electron chi connectivity index (χ3n) is 2.76. The van der Waals surface area contributed by atoms with Gasteiger partial charge in [-0.3, -0.25) is 4.98 Å². The number of fused-ring (bicyclic) bond motifs is 2. The minimum atomic E-state index is -0.985. The monoisotopic (exact) mass is 301 g/mol. The number of hydrogen-bond donors (Lipinski definition) is 2. The van der Waals surface area contributed by atoms with E-state index >= 15 is 0 Å². The predicted molar refractivity (Wildman–Crippen MR) is 74.5 cm³/mol. The molecule has 3 nitrogen and oxygen atoms in total. The molecule has 3 rings (SSSR count).